The highest BCUT2D eigenvalue weighted by atomic mass is 35.5. The van der Waals surface area contributed by atoms with Crippen LogP contribution in [0.2, 0.25) is 10.0 Å². The van der Waals surface area contributed by atoms with Gasteiger partial charge in [-0.1, -0.05) is 23.2 Å². The number of fused-ring (bicyclic) bond motifs is 1. The Bertz CT molecular complexity index is 1290. The number of carboxylic acids is 1. The minimum absolute atomic E-state index is 0.0304. The van der Waals surface area contributed by atoms with Crippen molar-refractivity contribution >= 4 is 50.1 Å². The number of halogens is 5. The van der Waals surface area contributed by atoms with E-state index in [0.717, 1.165) is 16.7 Å². The highest BCUT2D eigenvalue weighted by Gasteiger charge is 2.38. The minimum Gasteiger partial charge on any atom is -0.494 e. The summed E-state index contributed by atoms with van der Waals surface area (Å²) in [5.41, 5.74) is 1.50. The molecule has 13 heteroatoms. The Hall–Kier alpha value is -2.47. The Kier molecular flexibility index (Phi) is 8.86. The van der Waals surface area contributed by atoms with Gasteiger partial charge in [0.15, 0.2) is 0 Å². The molecule has 0 unspecified atom stereocenters. The average Bonchev–Trinajstić information content (AvgIpc) is 3.16. The van der Waals surface area contributed by atoms with E-state index in [1.165, 1.54) is 22.3 Å². The van der Waals surface area contributed by atoms with Crippen molar-refractivity contribution in [1.29, 1.82) is 0 Å². The number of alkyl halides is 3. The highest BCUT2D eigenvalue weighted by molar-refractivity contribution is 7.90. The SMILES string of the molecule is CCOc1ccc2c(ccn2S(=O)(=O)c2cc(Cl)ccc2Cl)c1CN(C)C.O=C(O)C(F)(F)F. The number of hydrogen-bond acceptors (Lipinski definition) is 5. The van der Waals surface area contributed by atoms with Gasteiger partial charge in [0, 0.05) is 28.7 Å². The van der Waals surface area contributed by atoms with Gasteiger partial charge in [-0.05, 0) is 57.4 Å². The molecular formula is C21H21Cl2F3N2O5S. The molecule has 0 aliphatic heterocycles. The maximum absolute atomic E-state index is 13.2. The molecule has 1 heterocycles. The molecule has 34 heavy (non-hydrogen) atoms. The largest absolute Gasteiger partial charge is 0.494 e. The molecule has 1 N–H and O–H groups in total. The van der Waals surface area contributed by atoms with E-state index >= 15 is 0 Å². The molecule has 0 saturated carbocycles. The van der Waals surface area contributed by atoms with E-state index in [-0.39, 0.29) is 9.92 Å². The molecule has 0 radical (unpaired) electrons. The molecule has 3 rings (SSSR count). The second kappa shape index (κ2) is 10.9. The molecule has 3 aromatic rings. The van der Waals surface area contributed by atoms with E-state index in [9.17, 15) is 21.6 Å². The quantitative estimate of drug-likeness (QED) is 0.457. The van der Waals surface area contributed by atoms with Crippen molar-refractivity contribution in [3.05, 3.63) is 58.2 Å². The van der Waals surface area contributed by atoms with Crippen LogP contribution >= 0.6 is 23.2 Å². The summed E-state index contributed by atoms with van der Waals surface area (Å²) in [5.74, 6) is -2.01. The topological polar surface area (TPSA) is 88.8 Å². The summed E-state index contributed by atoms with van der Waals surface area (Å²) >= 11 is 12.1. The number of carbonyl (C=O) groups is 1. The van der Waals surface area contributed by atoms with Gasteiger partial charge in [-0.2, -0.15) is 13.2 Å². The number of ether oxygens (including phenoxy) is 1. The molecule has 186 valence electrons. The average molecular weight is 541 g/mol. The first kappa shape index (κ1) is 27.8. The van der Waals surface area contributed by atoms with E-state index < -0.39 is 22.2 Å². The third-order valence-corrected chi connectivity index (χ3v) is 6.76. The molecule has 0 saturated heterocycles. The second-order valence-electron chi connectivity index (χ2n) is 7.14. The van der Waals surface area contributed by atoms with Crippen molar-refractivity contribution in [3.8, 4) is 5.75 Å². The van der Waals surface area contributed by atoms with Gasteiger partial charge in [-0.15, -0.1) is 0 Å². The maximum atomic E-state index is 13.2. The molecule has 0 atom stereocenters. The van der Waals surface area contributed by atoms with Crippen LogP contribution in [0.5, 0.6) is 5.75 Å². The zero-order valence-corrected chi connectivity index (χ0v) is 20.6. The summed E-state index contributed by atoms with van der Waals surface area (Å²) in [6, 6.07) is 9.73. The summed E-state index contributed by atoms with van der Waals surface area (Å²) in [6.07, 6.45) is -3.55. The first-order valence-corrected chi connectivity index (χ1v) is 11.8. The lowest BCUT2D eigenvalue weighted by Crippen LogP contribution is -2.21. The number of aliphatic carboxylic acids is 1. The molecule has 7 nitrogen and oxygen atoms in total. The molecule has 0 fully saturated rings. The van der Waals surface area contributed by atoms with Crippen molar-refractivity contribution in [1.82, 2.24) is 8.87 Å². The van der Waals surface area contributed by atoms with E-state index in [1.807, 2.05) is 25.9 Å². The summed E-state index contributed by atoms with van der Waals surface area (Å²) in [6.45, 7) is 3.07. The number of carboxylic acid groups (broad SMARTS) is 1. The van der Waals surface area contributed by atoms with Gasteiger partial charge in [0.05, 0.1) is 17.1 Å². The smallest absolute Gasteiger partial charge is 0.490 e. The first-order chi connectivity index (χ1) is 15.7. The molecule has 0 aliphatic rings. The lowest BCUT2D eigenvalue weighted by atomic mass is 10.1. The third kappa shape index (κ3) is 6.35. The number of nitrogens with zero attached hydrogens (tertiary/aromatic N) is 2. The normalized spacial score (nSPS) is 11.9. The van der Waals surface area contributed by atoms with Gasteiger partial charge in [0.25, 0.3) is 10.0 Å². The maximum Gasteiger partial charge on any atom is 0.490 e. The fourth-order valence-electron chi connectivity index (χ4n) is 2.99. The molecule has 1 aromatic heterocycles. The first-order valence-electron chi connectivity index (χ1n) is 9.61. The van der Waals surface area contributed by atoms with Gasteiger partial charge >= 0.3 is 12.1 Å². The van der Waals surface area contributed by atoms with Crippen LogP contribution in [-0.4, -0.2) is 55.2 Å². The Morgan fingerprint density at radius 3 is 2.29 bits per heavy atom. The predicted octanol–water partition coefficient (Wildman–Crippen LogP) is 5.28. The highest BCUT2D eigenvalue weighted by Crippen LogP contribution is 2.34. The summed E-state index contributed by atoms with van der Waals surface area (Å²) in [7, 11) is 0.00491. The number of aromatic nitrogens is 1. The van der Waals surface area contributed by atoms with Crippen LogP contribution in [0.15, 0.2) is 47.5 Å². The number of hydrogen-bond donors (Lipinski definition) is 1. The van der Waals surface area contributed by atoms with Crippen LogP contribution in [-0.2, 0) is 21.4 Å². The van der Waals surface area contributed by atoms with Crippen LogP contribution < -0.4 is 4.74 Å². The second-order valence-corrected chi connectivity index (χ2v) is 9.77. The fraction of sp³-hybridized carbons (Fsp3) is 0.286. The van der Waals surface area contributed by atoms with Crippen LogP contribution in [0, 0.1) is 0 Å². The van der Waals surface area contributed by atoms with Crippen LogP contribution in [0.25, 0.3) is 10.9 Å². The Morgan fingerprint density at radius 1 is 1.15 bits per heavy atom. The summed E-state index contributed by atoms with van der Waals surface area (Å²) < 4.78 is 65.1. The monoisotopic (exact) mass is 540 g/mol. The third-order valence-electron chi connectivity index (χ3n) is 4.35. The molecule has 0 aliphatic carbocycles. The van der Waals surface area contributed by atoms with Gasteiger partial charge in [-0.25, -0.2) is 17.2 Å². The van der Waals surface area contributed by atoms with Crippen LogP contribution in [0.3, 0.4) is 0 Å². The van der Waals surface area contributed by atoms with Crippen molar-refractivity contribution in [2.45, 2.75) is 24.5 Å². The lowest BCUT2D eigenvalue weighted by Gasteiger charge is -2.16. The standard InChI is InChI=1S/C19H20Cl2N2O3S.C2HF3O2/c1-4-26-18-8-7-17-14(15(18)12-22(2)3)9-10-23(17)27(24,25)19-11-13(20)5-6-16(19)21;3-2(4,5)1(6)7/h5-11H,4,12H2,1-3H3;(H,6,7). The van der Waals surface area contributed by atoms with Crippen LogP contribution in [0.4, 0.5) is 13.2 Å². The van der Waals surface area contributed by atoms with Gasteiger partial charge in [0.1, 0.15) is 10.6 Å². The van der Waals surface area contributed by atoms with Crippen molar-refractivity contribution in [2.75, 3.05) is 20.7 Å². The summed E-state index contributed by atoms with van der Waals surface area (Å²) in [4.78, 5) is 10.9. The Balaban J connectivity index is 0.000000509. The lowest BCUT2D eigenvalue weighted by molar-refractivity contribution is -0.192. The van der Waals surface area contributed by atoms with Crippen molar-refractivity contribution in [2.24, 2.45) is 0 Å². The van der Waals surface area contributed by atoms with Gasteiger partial charge < -0.3 is 14.7 Å². The Labute approximate surface area is 204 Å². The van der Waals surface area contributed by atoms with Crippen molar-refractivity contribution < 1.29 is 36.2 Å². The van der Waals surface area contributed by atoms with E-state index in [2.05, 4.69) is 0 Å². The van der Waals surface area contributed by atoms with Gasteiger partial charge in [0.2, 0.25) is 0 Å². The molecule has 2 aromatic carbocycles. The molecular weight excluding hydrogens is 520 g/mol. The predicted molar refractivity (Wildman–Crippen MR) is 123 cm³/mol. The van der Waals surface area contributed by atoms with Crippen molar-refractivity contribution in [3.63, 3.8) is 0 Å². The molecule has 0 spiro atoms. The van der Waals surface area contributed by atoms with E-state index in [1.54, 1.807) is 24.3 Å². The van der Waals surface area contributed by atoms with E-state index in [0.29, 0.717) is 23.7 Å². The zero-order valence-electron chi connectivity index (χ0n) is 18.2. The number of rotatable bonds is 6. The zero-order chi connectivity index (χ0) is 25.8. The number of benzene rings is 2. The fourth-order valence-corrected chi connectivity index (χ4v) is 5.08. The minimum atomic E-state index is -5.08. The summed E-state index contributed by atoms with van der Waals surface area (Å²) in [5, 5.41) is 8.37. The van der Waals surface area contributed by atoms with Gasteiger partial charge in [-0.3, -0.25) is 0 Å². The van der Waals surface area contributed by atoms with Crippen LogP contribution in [0.1, 0.15) is 12.5 Å². The molecule has 0 amide bonds. The molecule has 0 bridgehead atoms. The Morgan fingerprint density at radius 2 is 1.76 bits per heavy atom. The van der Waals surface area contributed by atoms with E-state index in [4.69, 9.17) is 37.8 Å².